The summed E-state index contributed by atoms with van der Waals surface area (Å²) in [6, 6.07) is 10.2. The zero-order chi connectivity index (χ0) is 13.9. The highest BCUT2D eigenvalue weighted by molar-refractivity contribution is 5.31. The van der Waals surface area contributed by atoms with E-state index in [1.165, 1.54) is 5.56 Å². The SMILES string of the molecule is Cc1ccc(C(CN)(CO)Cc2ccn(C)n2)cc1. The van der Waals surface area contributed by atoms with Crippen molar-refractivity contribution < 1.29 is 5.11 Å². The Hall–Kier alpha value is -1.65. The van der Waals surface area contributed by atoms with Crippen molar-refractivity contribution in [3.63, 3.8) is 0 Å². The van der Waals surface area contributed by atoms with Gasteiger partial charge in [0.25, 0.3) is 0 Å². The van der Waals surface area contributed by atoms with Crippen molar-refractivity contribution in [3.8, 4) is 0 Å². The first-order chi connectivity index (χ1) is 9.09. The Morgan fingerprint density at radius 3 is 2.42 bits per heavy atom. The molecule has 3 N–H and O–H groups in total. The first-order valence-corrected chi connectivity index (χ1v) is 6.46. The fourth-order valence-electron chi connectivity index (χ4n) is 2.32. The molecular formula is C15H21N3O. The van der Waals surface area contributed by atoms with Gasteiger partial charge in [-0.05, 0) is 18.6 Å². The molecule has 0 aliphatic heterocycles. The van der Waals surface area contributed by atoms with Crippen molar-refractivity contribution in [1.29, 1.82) is 0 Å². The van der Waals surface area contributed by atoms with Gasteiger partial charge in [-0.3, -0.25) is 4.68 Å². The summed E-state index contributed by atoms with van der Waals surface area (Å²) in [4.78, 5) is 0. The molecule has 2 aromatic rings. The van der Waals surface area contributed by atoms with Crippen LogP contribution >= 0.6 is 0 Å². The minimum Gasteiger partial charge on any atom is -0.395 e. The van der Waals surface area contributed by atoms with Gasteiger partial charge in [0.15, 0.2) is 0 Å². The fraction of sp³-hybridized carbons (Fsp3) is 0.400. The highest BCUT2D eigenvalue weighted by Crippen LogP contribution is 2.27. The monoisotopic (exact) mass is 259 g/mol. The highest BCUT2D eigenvalue weighted by atomic mass is 16.3. The van der Waals surface area contributed by atoms with Gasteiger partial charge in [0, 0.05) is 31.6 Å². The van der Waals surface area contributed by atoms with Gasteiger partial charge in [-0.15, -0.1) is 0 Å². The number of nitrogens with two attached hydrogens (primary N) is 1. The first-order valence-electron chi connectivity index (χ1n) is 6.46. The molecule has 4 heteroatoms. The van der Waals surface area contributed by atoms with Gasteiger partial charge in [-0.25, -0.2) is 0 Å². The van der Waals surface area contributed by atoms with Crippen LogP contribution in [0.4, 0.5) is 0 Å². The van der Waals surface area contributed by atoms with E-state index in [2.05, 4.69) is 5.10 Å². The molecule has 4 nitrogen and oxygen atoms in total. The molecule has 1 unspecified atom stereocenters. The normalized spacial score (nSPS) is 14.3. The van der Waals surface area contributed by atoms with Gasteiger partial charge in [0.2, 0.25) is 0 Å². The lowest BCUT2D eigenvalue weighted by atomic mass is 9.77. The Morgan fingerprint density at radius 1 is 1.26 bits per heavy atom. The molecule has 1 atom stereocenters. The van der Waals surface area contributed by atoms with E-state index in [4.69, 9.17) is 5.73 Å². The number of rotatable bonds is 5. The van der Waals surface area contributed by atoms with Crippen LogP contribution in [0.2, 0.25) is 0 Å². The lowest BCUT2D eigenvalue weighted by Gasteiger charge is -2.30. The van der Waals surface area contributed by atoms with Crippen LogP contribution in [0.3, 0.4) is 0 Å². The van der Waals surface area contributed by atoms with Crippen LogP contribution in [0.1, 0.15) is 16.8 Å². The number of aliphatic hydroxyl groups excluding tert-OH is 1. The molecule has 1 aromatic carbocycles. The van der Waals surface area contributed by atoms with Crippen molar-refractivity contribution in [2.45, 2.75) is 18.8 Å². The largest absolute Gasteiger partial charge is 0.395 e. The Bertz CT molecular complexity index is 527. The maximum absolute atomic E-state index is 9.85. The number of hydrogen-bond acceptors (Lipinski definition) is 3. The molecule has 0 bridgehead atoms. The zero-order valence-electron chi connectivity index (χ0n) is 11.5. The van der Waals surface area contributed by atoms with Gasteiger partial charge in [-0.1, -0.05) is 29.8 Å². The van der Waals surface area contributed by atoms with Crippen molar-refractivity contribution in [3.05, 3.63) is 53.3 Å². The number of aryl methyl sites for hydroxylation is 2. The van der Waals surface area contributed by atoms with E-state index in [0.717, 1.165) is 11.3 Å². The topological polar surface area (TPSA) is 64.1 Å². The summed E-state index contributed by atoms with van der Waals surface area (Å²) in [6.07, 6.45) is 2.55. The number of hydrogen-bond donors (Lipinski definition) is 2. The van der Waals surface area contributed by atoms with E-state index in [1.54, 1.807) is 4.68 Å². The third-order valence-electron chi connectivity index (χ3n) is 3.65. The van der Waals surface area contributed by atoms with Crippen LogP contribution in [-0.2, 0) is 18.9 Å². The molecule has 0 saturated heterocycles. The lowest BCUT2D eigenvalue weighted by molar-refractivity contribution is 0.195. The van der Waals surface area contributed by atoms with Crippen LogP contribution in [0.5, 0.6) is 0 Å². The van der Waals surface area contributed by atoms with Crippen LogP contribution in [0.15, 0.2) is 36.5 Å². The van der Waals surface area contributed by atoms with Crippen LogP contribution in [0, 0.1) is 6.92 Å². The Morgan fingerprint density at radius 2 is 1.95 bits per heavy atom. The summed E-state index contributed by atoms with van der Waals surface area (Å²) < 4.78 is 1.77. The molecular weight excluding hydrogens is 238 g/mol. The maximum atomic E-state index is 9.85. The van der Waals surface area contributed by atoms with Gasteiger partial charge in [-0.2, -0.15) is 5.10 Å². The van der Waals surface area contributed by atoms with Crippen LogP contribution in [0.25, 0.3) is 0 Å². The zero-order valence-corrected chi connectivity index (χ0v) is 11.5. The van der Waals surface area contributed by atoms with Gasteiger partial charge in [0.1, 0.15) is 0 Å². The summed E-state index contributed by atoms with van der Waals surface area (Å²) >= 11 is 0. The highest BCUT2D eigenvalue weighted by Gasteiger charge is 2.31. The van der Waals surface area contributed by atoms with Crippen molar-refractivity contribution in [1.82, 2.24) is 9.78 Å². The average molecular weight is 259 g/mol. The molecule has 0 aliphatic rings. The molecule has 0 aliphatic carbocycles. The summed E-state index contributed by atoms with van der Waals surface area (Å²) in [5.41, 5.74) is 8.70. The number of aliphatic hydroxyl groups is 1. The van der Waals surface area contributed by atoms with Gasteiger partial charge >= 0.3 is 0 Å². The van der Waals surface area contributed by atoms with Crippen molar-refractivity contribution in [2.24, 2.45) is 12.8 Å². The fourth-order valence-corrected chi connectivity index (χ4v) is 2.32. The predicted molar refractivity (Wildman–Crippen MR) is 75.9 cm³/mol. The van der Waals surface area contributed by atoms with E-state index in [9.17, 15) is 5.11 Å². The third kappa shape index (κ3) is 2.85. The second-order valence-corrected chi connectivity index (χ2v) is 5.17. The molecule has 0 saturated carbocycles. The summed E-state index contributed by atoms with van der Waals surface area (Å²) in [5.74, 6) is 0. The van der Waals surface area contributed by atoms with E-state index < -0.39 is 5.41 Å². The van der Waals surface area contributed by atoms with E-state index in [0.29, 0.717) is 13.0 Å². The molecule has 0 amide bonds. The van der Waals surface area contributed by atoms with Crippen LogP contribution in [-0.4, -0.2) is 28.0 Å². The van der Waals surface area contributed by atoms with Gasteiger partial charge in [0.05, 0.1) is 12.3 Å². The van der Waals surface area contributed by atoms with E-state index >= 15 is 0 Å². The van der Waals surface area contributed by atoms with E-state index in [-0.39, 0.29) is 6.61 Å². The molecule has 0 fully saturated rings. The average Bonchev–Trinajstić information content (AvgIpc) is 2.82. The van der Waals surface area contributed by atoms with Crippen molar-refractivity contribution in [2.75, 3.05) is 13.2 Å². The lowest BCUT2D eigenvalue weighted by Crippen LogP contribution is -2.41. The predicted octanol–water partition coefficient (Wildman–Crippen LogP) is 1.16. The number of nitrogens with zero attached hydrogens (tertiary/aromatic N) is 2. The number of aromatic nitrogens is 2. The minimum atomic E-state index is -0.456. The van der Waals surface area contributed by atoms with Gasteiger partial charge < -0.3 is 10.8 Å². The molecule has 102 valence electrons. The first kappa shape index (κ1) is 13.8. The standard InChI is InChI=1S/C15H21N3O/c1-12-3-5-13(6-4-12)15(10-16,11-19)9-14-7-8-18(2)17-14/h3-8,19H,9-11,16H2,1-2H3. The Labute approximate surface area is 113 Å². The minimum absolute atomic E-state index is 0.0170. The quantitative estimate of drug-likeness (QED) is 0.847. The third-order valence-corrected chi connectivity index (χ3v) is 3.65. The summed E-state index contributed by atoms with van der Waals surface area (Å²) in [6.45, 7) is 2.46. The Balaban J connectivity index is 2.33. The maximum Gasteiger partial charge on any atom is 0.0634 e. The van der Waals surface area contributed by atoms with E-state index in [1.807, 2.05) is 50.5 Å². The smallest absolute Gasteiger partial charge is 0.0634 e. The van der Waals surface area contributed by atoms with Crippen molar-refractivity contribution >= 4 is 0 Å². The Kier molecular flexibility index (Phi) is 4.02. The molecule has 0 radical (unpaired) electrons. The summed E-state index contributed by atoms with van der Waals surface area (Å²) in [5, 5.41) is 14.2. The summed E-state index contributed by atoms with van der Waals surface area (Å²) in [7, 11) is 1.89. The molecule has 2 rings (SSSR count). The molecule has 1 aromatic heterocycles. The second kappa shape index (κ2) is 5.55. The molecule has 1 heterocycles. The molecule has 0 spiro atoms. The van der Waals surface area contributed by atoms with Crippen LogP contribution < -0.4 is 5.73 Å². The number of benzene rings is 1. The second-order valence-electron chi connectivity index (χ2n) is 5.17. The molecule has 19 heavy (non-hydrogen) atoms.